The summed E-state index contributed by atoms with van der Waals surface area (Å²) in [6.45, 7) is -0.495. The van der Waals surface area contributed by atoms with Crippen molar-refractivity contribution >= 4 is 36.3 Å². The van der Waals surface area contributed by atoms with Gasteiger partial charge < -0.3 is 36.9 Å². The van der Waals surface area contributed by atoms with E-state index < -0.39 is 48.4 Å². The first kappa shape index (κ1) is 25.7. The molecule has 2 aromatic rings. The van der Waals surface area contributed by atoms with E-state index in [1.54, 1.807) is 12.1 Å². The molecule has 3 atom stereocenters. The van der Waals surface area contributed by atoms with Gasteiger partial charge in [0.15, 0.2) is 0 Å². The number of benzene rings is 1. The zero-order valence-electron chi connectivity index (χ0n) is 17.5. The summed E-state index contributed by atoms with van der Waals surface area (Å²) in [5.74, 6) is -3.19. The summed E-state index contributed by atoms with van der Waals surface area (Å²) in [5, 5.41) is 25.7. The predicted octanol–water partition coefficient (Wildman–Crippen LogP) is -1.67. The molecule has 1 aromatic carbocycles. The van der Waals surface area contributed by atoms with E-state index in [-0.39, 0.29) is 24.3 Å². The van der Waals surface area contributed by atoms with Crippen LogP contribution in [0.3, 0.4) is 0 Å². The molecule has 0 saturated heterocycles. The highest BCUT2D eigenvalue weighted by molar-refractivity contribution is 7.80. The summed E-state index contributed by atoms with van der Waals surface area (Å²) in [5.41, 5.74) is 7.14. The van der Waals surface area contributed by atoms with Gasteiger partial charge in [-0.05, 0) is 24.1 Å². The van der Waals surface area contributed by atoms with Crippen LogP contribution in [0.4, 0.5) is 0 Å². The smallest absolute Gasteiger partial charge is 0.326 e. The second-order valence-corrected chi connectivity index (χ2v) is 7.54. The molecule has 33 heavy (non-hydrogen) atoms. The number of aliphatic carboxylic acids is 1. The van der Waals surface area contributed by atoms with Gasteiger partial charge in [0.25, 0.3) is 0 Å². The molecule has 178 valence electrons. The van der Waals surface area contributed by atoms with Crippen molar-refractivity contribution in [3.8, 4) is 5.75 Å². The van der Waals surface area contributed by atoms with Crippen molar-refractivity contribution < 1.29 is 29.4 Å². The molecule has 1 heterocycles. The van der Waals surface area contributed by atoms with Gasteiger partial charge in [0, 0.05) is 24.1 Å². The number of aromatic hydroxyl groups is 1. The Morgan fingerprint density at radius 2 is 1.76 bits per heavy atom. The van der Waals surface area contributed by atoms with Crippen LogP contribution in [0, 0.1) is 0 Å². The van der Waals surface area contributed by atoms with Crippen LogP contribution in [0.25, 0.3) is 0 Å². The Morgan fingerprint density at radius 3 is 2.33 bits per heavy atom. The van der Waals surface area contributed by atoms with Crippen molar-refractivity contribution in [2.75, 3.05) is 12.3 Å². The van der Waals surface area contributed by atoms with Gasteiger partial charge in [-0.25, -0.2) is 9.78 Å². The van der Waals surface area contributed by atoms with Crippen molar-refractivity contribution in [2.45, 2.75) is 31.0 Å². The Hall–Kier alpha value is -3.58. The largest absolute Gasteiger partial charge is 0.508 e. The van der Waals surface area contributed by atoms with Gasteiger partial charge in [0.05, 0.1) is 18.9 Å². The fraction of sp³-hybridized carbons (Fsp3) is 0.350. The highest BCUT2D eigenvalue weighted by Crippen LogP contribution is 2.11. The van der Waals surface area contributed by atoms with E-state index in [4.69, 9.17) is 5.73 Å². The lowest BCUT2D eigenvalue weighted by molar-refractivity contribution is -0.141. The molecule has 0 aliphatic rings. The summed E-state index contributed by atoms with van der Waals surface area (Å²) in [6.07, 6.45) is 3.00. The van der Waals surface area contributed by atoms with Crippen molar-refractivity contribution in [3.05, 3.63) is 48.0 Å². The monoisotopic (exact) mass is 478 g/mol. The molecular weight excluding hydrogens is 452 g/mol. The van der Waals surface area contributed by atoms with Crippen LogP contribution in [0.5, 0.6) is 5.75 Å². The molecule has 12 nitrogen and oxygen atoms in total. The molecule has 0 bridgehead atoms. The number of aromatic nitrogens is 2. The molecule has 0 fully saturated rings. The second kappa shape index (κ2) is 12.5. The van der Waals surface area contributed by atoms with Crippen LogP contribution in [0.15, 0.2) is 36.8 Å². The zero-order valence-corrected chi connectivity index (χ0v) is 18.4. The summed E-state index contributed by atoms with van der Waals surface area (Å²) in [6, 6.07) is 2.97. The quantitative estimate of drug-likeness (QED) is 0.165. The Balaban J connectivity index is 1.82. The molecule has 0 radical (unpaired) electrons. The van der Waals surface area contributed by atoms with Gasteiger partial charge in [-0.3, -0.25) is 14.4 Å². The maximum Gasteiger partial charge on any atom is 0.326 e. The third-order valence-electron chi connectivity index (χ3n) is 4.58. The number of amides is 3. The van der Waals surface area contributed by atoms with Crippen LogP contribution < -0.4 is 21.7 Å². The Labute approximate surface area is 194 Å². The van der Waals surface area contributed by atoms with Gasteiger partial charge in [-0.1, -0.05) is 12.1 Å². The minimum atomic E-state index is -1.24. The lowest BCUT2D eigenvalue weighted by Gasteiger charge is -2.19. The number of phenolic OH excluding ortho intramolecular Hbond substituents is 1. The van der Waals surface area contributed by atoms with E-state index in [1.807, 2.05) is 0 Å². The van der Waals surface area contributed by atoms with Crippen LogP contribution in [-0.2, 0) is 32.0 Å². The number of carboxylic acid groups (broad SMARTS) is 1. The molecule has 8 N–H and O–H groups in total. The third-order valence-corrected chi connectivity index (χ3v) is 4.94. The molecule has 0 aliphatic carbocycles. The highest BCUT2D eigenvalue weighted by atomic mass is 32.1. The topological polar surface area (TPSA) is 200 Å². The first-order chi connectivity index (χ1) is 15.7. The van der Waals surface area contributed by atoms with Crippen LogP contribution in [0.1, 0.15) is 11.3 Å². The second-order valence-electron chi connectivity index (χ2n) is 7.18. The fourth-order valence-electron chi connectivity index (χ4n) is 2.80. The highest BCUT2D eigenvalue weighted by Gasteiger charge is 2.25. The first-order valence-corrected chi connectivity index (χ1v) is 10.5. The van der Waals surface area contributed by atoms with Crippen LogP contribution in [-0.4, -0.2) is 74.3 Å². The maximum atomic E-state index is 12.4. The molecule has 3 unspecified atom stereocenters. The van der Waals surface area contributed by atoms with Gasteiger partial charge in [0.2, 0.25) is 17.7 Å². The molecule has 0 aliphatic heterocycles. The normalized spacial score (nSPS) is 13.4. The summed E-state index contributed by atoms with van der Waals surface area (Å²) >= 11 is 4.05. The summed E-state index contributed by atoms with van der Waals surface area (Å²) in [4.78, 5) is 54.7. The first-order valence-electron chi connectivity index (χ1n) is 9.91. The number of rotatable bonds is 12. The van der Waals surface area contributed by atoms with E-state index in [2.05, 4.69) is 38.5 Å². The van der Waals surface area contributed by atoms with Crippen molar-refractivity contribution in [3.63, 3.8) is 0 Å². The van der Waals surface area contributed by atoms with Crippen molar-refractivity contribution in [2.24, 2.45) is 5.73 Å². The van der Waals surface area contributed by atoms with Gasteiger partial charge in [-0.15, -0.1) is 0 Å². The van der Waals surface area contributed by atoms with E-state index in [9.17, 15) is 29.4 Å². The van der Waals surface area contributed by atoms with E-state index in [0.717, 1.165) is 5.56 Å². The molecule has 0 spiro atoms. The number of carbonyl (C=O) groups is 4. The number of carbonyl (C=O) groups excluding carboxylic acids is 3. The average molecular weight is 479 g/mol. The van der Waals surface area contributed by atoms with E-state index >= 15 is 0 Å². The Kier molecular flexibility index (Phi) is 9.69. The lowest BCUT2D eigenvalue weighted by Crippen LogP contribution is -2.54. The van der Waals surface area contributed by atoms with Gasteiger partial charge in [-0.2, -0.15) is 12.6 Å². The van der Waals surface area contributed by atoms with E-state index in [0.29, 0.717) is 5.69 Å². The fourth-order valence-corrected chi connectivity index (χ4v) is 3.06. The summed E-state index contributed by atoms with van der Waals surface area (Å²) < 4.78 is 0. The SMILES string of the molecule is NC(Cc1ccc(O)cc1)C(=O)NC(CS)C(=O)NCC(=O)NC(Cc1cnc[nH]1)C(=O)O. The zero-order chi connectivity index (χ0) is 24.4. The van der Waals surface area contributed by atoms with Crippen molar-refractivity contribution in [1.82, 2.24) is 25.9 Å². The number of thiol groups is 1. The number of nitrogens with two attached hydrogens (primary N) is 1. The number of hydrogen-bond donors (Lipinski definition) is 8. The number of carboxylic acids is 1. The number of phenols is 1. The maximum absolute atomic E-state index is 12.4. The number of H-pyrrole nitrogens is 1. The minimum absolute atomic E-state index is 0.0107. The summed E-state index contributed by atoms with van der Waals surface area (Å²) in [7, 11) is 0. The average Bonchev–Trinajstić information content (AvgIpc) is 3.29. The molecule has 0 saturated carbocycles. The van der Waals surface area contributed by atoms with Crippen LogP contribution in [0.2, 0.25) is 0 Å². The Morgan fingerprint density at radius 1 is 1.06 bits per heavy atom. The number of imidazole rings is 1. The number of nitrogens with one attached hydrogen (secondary N) is 4. The molecular formula is C20H26N6O6S. The predicted molar refractivity (Wildman–Crippen MR) is 120 cm³/mol. The molecule has 13 heteroatoms. The lowest BCUT2D eigenvalue weighted by atomic mass is 10.1. The Bertz CT molecular complexity index is 952. The number of hydrogen-bond acceptors (Lipinski definition) is 8. The van der Waals surface area contributed by atoms with Gasteiger partial charge >= 0.3 is 5.97 Å². The standard InChI is InChI=1S/C20H26N6O6S/c21-14(5-11-1-3-13(27)4-2-11)18(29)26-16(9-33)19(30)23-8-17(28)25-15(20(31)32)6-12-7-22-10-24-12/h1-4,7,10,14-16,27,33H,5-6,8-9,21H2,(H,22,24)(H,23,30)(H,25,28)(H,26,29)(H,31,32). The van der Waals surface area contributed by atoms with Crippen LogP contribution >= 0.6 is 12.6 Å². The molecule has 3 amide bonds. The third kappa shape index (κ3) is 8.46. The molecule has 1 aromatic heterocycles. The minimum Gasteiger partial charge on any atom is -0.508 e. The number of nitrogens with zero attached hydrogens (tertiary/aromatic N) is 1. The van der Waals surface area contributed by atoms with E-state index in [1.165, 1.54) is 24.7 Å². The number of aromatic amines is 1. The molecule has 2 rings (SSSR count). The van der Waals surface area contributed by atoms with Crippen molar-refractivity contribution in [1.29, 1.82) is 0 Å². The van der Waals surface area contributed by atoms with Gasteiger partial charge in [0.1, 0.15) is 17.8 Å².